The molecule has 1 saturated heterocycles. The third kappa shape index (κ3) is 2.78. The van der Waals surface area contributed by atoms with Gasteiger partial charge in [-0.1, -0.05) is 0 Å². The number of halogens is 1. The molecule has 3 aliphatic heterocycles. The summed E-state index contributed by atoms with van der Waals surface area (Å²) in [7, 11) is 0. The lowest BCUT2D eigenvalue weighted by Gasteiger charge is -2.32. The monoisotopic (exact) mass is 352 g/mol. The highest BCUT2D eigenvalue weighted by Crippen LogP contribution is 2.29. The van der Waals surface area contributed by atoms with Gasteiger partial charge in [0.25, 0.3) is 0 Å². The number of nitrogens with one attached hydrogen (secondary N) is 2. The second-order valence-electron chi connectivity index (χ2n) is 7.02. The topological polar surface area (TPSA) is 57.5 Å². The van der Waals surface area contributed by atoms with E-state index >= 15 is 0 Å². The number of rotatable bonds is 0. The van der Waals surface area contributed by atoms with Crippen molar-refractivity contribution in [1.82, 2.24) is 19.5 Å². The molecule has 1 aromatic carbocycles. The fourth-order valence-corrected chi connectivity index (χ4v) is 3.85. The molecule has 2 N–H and O–H groups in total. The molecule has 0 spiro atoms. The fraction of sp³-hybridized carbons (Fsp3) is 0.368. The van der Waals surface area contributed by atoms with Gasteiger partial charge in [0.2, 0.25) is 0 Å². The molecule has 6 nitrogen and oxygen atoms in total. The van der Waals surface area contributed by atoms with Crippen LogP contribution < -0.4 is 10.6 Å². The summed E-state index contributed by atoms with van der Waals surface area (Å²) in [6.07, 6.45) is 5.76. The Morgan fingerprint density at radius 2 is 1.96 bits per heavy atom. The van der Waals surface area contributed by atoms with Gasteiger partial charge < -0.3 is 15.5 Å². The minimum absolute atomic E-state index is 0.265. The molecule has 3 aliphatic rings. The molecule has 6 rings (SSSR count). The maximum absolute atomic E-state index is 14.5. The molecular weight excluding hydrogens is 331 g/mol. The van der Waals surface area contributed by atoms with Crippen molar-refractivity contribution in [2.75, 3.05) is 36.8 Å². The second kappa shape index (κ2) is 6.25. The van der Waals surface area contributed by atoms with Crippen LogP contribution in [0, 0.1) is 5.82 Å². The zero-order valence-corrected chi connectivity index (χ0v) is 14.5. The van der Waals surface area contributed by atoms with E-state index in [9.17, 15) is 4.39 Å². The summed E-state index contributed by atoms with van der Waals surface area (Å²) in [6.45, 7) is 3.99. The molecule has 2 aromatic heterocycles. The van der Waals surface area contributed by atoms with E-state index in [-0.39, 0.29) is 5.82 Å². The standard InChI is InChI=1S/C19H21FN6/c20-17-2-1-14-11-15(17)16-12-22-26-9-5-18(24-19(16)26)23-13-3-7-25(8-4-13)10-6-21-14/h1-2,5,9,11-13,21H,3-4,6-8,10H2,(H,23,24). The third-order valence-corrected chi connectivity index (χ3v) is 5.32. The number of piperidine rings is 1. The zero-order chi connectivity index (χ0) is 17.5. The first-order chi connectivity index (χ1) is 12.8. The molecule has 0 aliphatic carbocycles. The molecule has 1 fully saturated rings. The van der Waals surface area contributed by atoms with Crippen LogP contribution in [0.5, 0.6) is 0 Å². The Kier molecular flexibility index (Phi) is 3.74. The predicted molar refractivity (Wildman–Crippen MR) is 100.0 cm³/mol. The van der Waals surface area contributed by atoms with Crippen LogP contribution in [0.4, 0.5) is 15.9 Å². The number of anilines is 2. The van der Waals surface area contributed by atoms with Crippen molar-refractivity contribution in [3.05, 3.63) is 42.5 Å². The summed E-state index contributed by atoms with van der Waals surface area (Å²) in [5, 5.41) is 11.3. The van der Waals surface area contributed by atoms with Crippen LogP contribution in [0.25, 0.3) is 16.8 Å². The van der Waals surface area contributed by atoms with Crippen molar-refractivity contribution in [3.8, 4) is 11.1 Å². The Morgan fingerprint density at radius 1 is 1.08 bits per heavy atom. The minimum Gasteiger partial charge on any atom is -0.384 e. The lowest BCUT2D eigenvalue weighted by Crippen LogP contribution is -2.41. The maximum atomic E-state index is 14.5. The Morgan fingerprint density at radius 3 is 2.85 bits per heavy atom. The highest BCUT2D eigenvalue weighted by molar-refractivity contribution is 5.80. The first kappa shape index (κ1) is 15.6. The lowest BCUT2D eigenvalue weighted by molar-refractivity contribution is 0.226. The van der Waals surface area contributed by atoms with Crippen molar-refractivity contribution in [2.45, 2.75) is 18.9 Å². The molecule has 0 saturated carbocycles. The van der Waals surface area contributed by atoms with E-state index < -0.39 is 0 Å². The summed E-state index contributed by atoms with van der Waals surface area (Å²) < 4.78 is 16.2. The van der Waals surface area contributed by atoms with E-state index in [4.69, 9.17) is 4.98 Å². The van der Waals surface area contributed by atoms with E-state index in [1.54, 1.807) is 16.8 Å². The fourth-order valence-electron chi connectivity index (χ4n) is 3.85. The molecule has 7 heteroatoms. The highest BCUT2D eigenvalue weighted by atomic mass is 19.1. The number of hydrogen-bond acceptors (Lipinski definition) is 5. The molecule has 134 valence electrons. The largest absolute Gasteiger partial charge is 0.384 e. The van der Waals surface area contributed by atoms with Gasteiger partial charge in [-0.15, -0.1) is 0 Å². The minimum atomic E-state index is -0.265. The Bertz CT molecular complexity index is 944. The number of fused-ring (bicyclic) bond motifs is 4. The number of nitrogens with zero attached hydrogens (tertiary/aromatic N) is 4. The van der Waals surface area contributed by atoms with Crippen LogP contribution in [-0.4, -0.2) is 51.7 Å². The van der Waals surface area contributed by atoms with Crippen LogP contribution in [0.15, 0.2) is 36.7 Å². The van der Waals surface area contributed by atoms with Crippen molar-refractivity contribution in [2.24, 2.45) is 0 Å². The SMILES string of the molecule is Fc1ccc2cc1-c1cnn3ccc(nc13)NC1CCN(CCN2)CC1. The van der Waals surface area contributed by atoms with E-state index in [1.807, 2.05) is 18.3 Å². The summed E-state index contributed by atoms with van der Waals surface area (Å²) in [4.78, 5) is 7.20. The molecule has 5 heterocycles. The Labute approximate surface area is 151 Å². The number of hydrogen-bond donors (Lipinski definition) is 2. The second-order valence-corrected chi connectivity index (χ2v) is 7.02. The average molecular weight is 352 g/mol. The summed E-state index contributed by atoms with van der Waals surface area (Å²) in [5.41, 5.74) is 2.81. The van der Waals surface area contributed by atoms with Gasteiger partial charge in [-0.3, -0.25) is 0 Å². The van der Waals surface area contributed by atoms with Gasteiger partial charge in [0, 0.05) is 55.2 Å². The molecule has 6 bridgehead atoms. The Hall–Kier alpha value is -2.67. The summed E-state index contributed by atoms with van der Waals surface area (Å²) >= 11 is 0. The highest BCUT2D eigenvalue weighted by Gasteiger charge is 2.20. The van der Waals surface area contributed by atoms with E-state index in [0.717, 1.165) is 50.5 Å². The van der Waals surface area contributed by atoms with Gasteiger partial charge in [0.05, 0.1) is 6.20 Å². The van der Waals surface area contributed by atoms with Crippen LogP contribution >= 0.6 is 0 Å². The third-order valence-electron chi connectivity index (χ3n) is 5.32. The van der Waals surface area contributed by atoms with Crippen LogP contribution in [0.2, 0.25) is 0 Å². The quantitative estimate of drug-likeness (QED) is 0.652. The molecule has 3 aromatic rings. The lowest BCUT2D eigenvalue weighted by atomic mass is 10.1. The number of benzene rings is 1. The molecule has 0 amide bonds. The van der Waals surface area contributed by atoms with Gasteiger partial charge in [-0.05, 0) is 37.1 Å². The summed E-state index contributed by atoms with van der Waals surface area (Å²) in [6, 6.07) is 7.49. The first-order valence-electron chi connectivity index (χ1n) is 9.13. The zero-order valence-electron chi connectivity index (χ0n) is 14.5. The average Bonchev–Trinajstić information content (AvgIpc) is 3.07. The van der Waals surface area contributed by atoms with Gasteiger partial charge in [-0.2, -0.15) is 5.10 Å². The normalized spacial score (nSPS) is 22.5. The molecular formula is C19H21FN6. The van der Waals surface area contributed by atoms with Crippen LogP contribution in [0.1, 0.15) is 12.8 Å². The van der Waals surface area contributed by atoms with E-state index in [0.29, 0.717) is 22.8 Å². The van der Waals surface area contributed by atoms with Crippen molar-refractivity contribution >= 4 is 17.2 Å². The van der Waals surface area contributed by atoms with Gasteiger partial charge in [0.1, 0.15) is 11.6 Å². The maximum Gasteiger partial charge on any atom is 0.165 e. The molecule has 0 atom stereocenters. The molecule has 0 unspecified atom stereocenters. The van der Waals surface area contributed by atoms with Crippen LogP contribution in [0.3, 0.4) is 0 Å². The van der Waals surface area contributed by atoms with Crippen molar-refractivity contribution in [1.29, 1.82) is 0 Å². The number of aromatic nitrogens is 3. The van der Waals surface area contributed by atoms with E-state index in [2.05, 4.69) is 20.6 Å². The first-order valence-corrected chi connectivity index (χ1v) is 9.13. The van der Waals surface area contributed by atoms with Crippen molar-refractivity contribution in [3.63, 3.8) is 0 Å². The molecule has 0 radical (unpaired) electrons. The smallest absolute Gasteiger partial charge is 0.165 e. The van der Waals surface area contributed by atoms with Gasteiger partial charge in [0.15, 0.2) is 5.65 Å². The van der Waals surface area contributed by atoms with Gasteiger partial charge >= 0.3 is 0 Å². The van der Waals surface area contributed by atoms with E-state index in [1.165, 1.54) is 6.07 Å². The summed E-state index contributed by atoms with van der Waals surface area (Å²) in [5.74, 6) is 0.556. The Balaban J connectivity index is 1.64. The van der Waals surface area contributed by atoms with Crippen molar-refractivity contribution < 1.29 is 4.39 Å². The predicted octanol–water partition coefficient (Wildman–Crippen LogP) is 2.84. The van der Waals surface area contributed by atoms with Gasteiger partial charge in [-0.25, -0.2) is 13.9 Å². The van der Waals surface area contributed by atoms with Crippen LogP contribution in [-0.2, 0) is 0 Å². The molecule has 26 heavy (non-hydrogen) atoms.